The van der Waals surface area contributed by atoms with E-state index in [0.29, 0.717) is 17.0 Å². The third-order valence-electron chi connectivity index (χ3n) is 5.09. The number of benzene rings is 2. The Kier molecular flexibility index (Phi) is 5.03. The van der Waals surface area contributed by atoms with E-state index < -0.39 is 17.8 Å². The van der Waals surface area contributed by atoms with Crippen LogP contribution in [-0.2, 0) is 9.59 Å². The fraction of sp³-hybridized carbons (Fsp3) is 0.227. The smallest absolute Gasteiger partial charge is 0.335 e. The number of urea groups is 1. The number of rotatable bonds is 4. The average Bonchev–Trinajstić information content (AvgIpc) is 3.26. The zero-order valence-electron chi connectivity index (χ0n) is 16.1. The molecule has 0 aliphatic carbocycles. The van der Waals surface area contributed by atoms with Crippen LogP contribution in [0.3, 0.4) is 0 Å². The first-order valence-corrected chi connectivity index (χ1v) is 9.47. The maximum absolute atomic E-state index is 13.0. The summed E-state index contributed by atoms with van der Waals surface area (Å²) in [6.45, 7) is 2.08. The minimum absolute atomic E-state index is 0.0960. The first kappa shape index (κ1) is 18.7. The fourth-order valence-corrected chi connectivity index (χ4v) is 3.56. The molecular formula is C22H21N3O4. The van der Waals surface area contributed by atoms with E-state index in [4.69, 9.17) is 4.74 Å². The minimum atomic E-state index is -0.783. The van der Waals surface area contributed by atoms with Crippen molar-refractivity contribution in [2.24, 2.45) is 0 Å². The van der Waals surface area contributed by atoms with Crippen LogP contribution in [0, 0.1) is 0 Å². The molecule has 0 aromatic heterocycles. The van der Waals surface area contributed by atoms with Crippen molar-refractivity contribution in [2.75, 3.05) is 30.0 Å². The maximum Gasteiger partial charge on any atom is 0.335 e. The topological polar surface area (TPSA) is 79.0 Å². The number of carbonyl (C=O) groups is 3. The number of hydrogen-bond acceptors (Lipinski definition) is 5. The van der Waals surface area contributed by atoms with Crippen molar-refractivity contribution in [2.45, 2.75) is 12.8 Å². The lowest BCUT2D eigenvalue weighted by atomic mass is 10.1. The van der Waals surface area contributed by atoms with Gasteiger partial charge in [0.05, 0.1) is 12.8 Å². The van der Waals surface area contributed by atoms with Crippen LogP contribution in [0.25, 0.3) is 6.08 Å². The molecule has 1 N–H and O–H groups in total. The molecule has 2 aromatic rings. The molecular weight excluding hydrogens is 370 g/mol. The number of methoxy groups -OCH3 is 1. The molecule has 29 heavy (non-hydrogen) atoms. The van der Waals surface area contributed by atoms with E-state index in [1.165, 1.54) is 26.0 Å². The van der Waals surface area contributed by atoms with Gasteiger partial charge in [-0.25, -0.2) is 9.69 Å². The summed E-state index contributed by atoms with van der Waals surface area (Å²) >= 11 is 0. The van der Waals surface area contributed by atoms with E-state index in [1.807, 2.05) is 24.3 Å². The Hall–Kier alpha value is -3.61. The van der Waals surface area contributed by atoms with Crippen molar-refractivity contribution in [3.8, 4) is 5.75 Å². The maximum atomic E-state index is 13.0. The zero-order chi connectivity index (χ0) is 20.4. The predicted octanol–water partition coefficient (Wildman–Crippen LogP) is 2.96. The van der Waals surface area contributed by atoms with Gasteiger partial charge in [0.25, 0.3) is 11.8 Å². The monoisotopic (exact) mass is 391 g/mol. The molecule has 0 saturated carbocycles. The number of nitrogens with one attached hydrogen (secondary N) is 1. The van der Waals surface area contributed by atoms with Gasteiger partial charge in [-0.2, -0.15) is 0 Å². The predicted molar refractivity (Wildman–Crippen MR) is 110 cm³/mol. The van der Waals surface area contributed by atoms with Crippen LogP contribution < -0.4 is 19.9 Å². The normalized spacial score (nSPS) is 18.4. The largest absolute Gasteiger partial charge is 0.497 e. The lowest BCUT2D eigenvalue weighted by Crippen LogP contribution is -2.54. The van der Waals surface area contributed by atoms with Crippen molar-refractivity contribution >= 4 is 35.3 Å². The Balaban J connectivity index is 1.62. The van der Waals surface area contributed by atoms with Crippen LogP contribution in [0.2, 0.25) is 0 Å². The number of anilines is 2. The zero-order valence-corrected chi connectivity index (χ0v) is 16.1. The Labute approximate surface area is 168 Å². The Morgan fingerprint density at radius 3 is 2.38 bits per heavy atom. The van der Waals surface area contributed by atoms with Crippen LogP contribution in [-0.4, -0.2) is 38.0 Å². The molecule has 2 aromatic carbocycles. The van der Waals surface area contributed by atoms with Crippen LogP contribution in [0.1, 0.15) is 18.4 Å². The van der Waals surface area contributed by atoms with Crippen LogP contribution in [0.5, 0.6) is 5.75 Å². The van der Waals surface area contributed by atoms with E-state index >= 15 is 0 Å². The highest BCUT2D eigenvalue weighted by Gasteiger charge is 2.36. The van der Waals surface area contributed by atoms with E-state index in [1.54, 1.807) is 24.3 Å². The summed E-state index contributed by atoms with van der Waals surface area (Å²) in [7, 11) is 1.50. The third-order valence-corrected chi connectivity index (χ3v) is 5.09. The summed E-state index contributed by atoms with van der Waals surface area (Å²) in [6.07, 6.45) is 3.88. The van der Waals surface area contributed by atoms with Crippen LogP contribution in [0.15, 0.2) is 54.1 Å². The van der Waals surface area contributed by atoms with Gasteiger partial charge in [0.2, 0.25) is 0 Å². The summed E-state index contributed by atoms with van der Waals surface area (Å²) in [4.78, 5) is 40.8. The summed E-state index contributed by atoms with van der Waals surface area (Å²) in [5.74, 6) is -0.874. The number of barbiturate groups is 1. The van der Waals surface area contributed by atoms with E-state index in [2.05, 4.69) is 10.2 Å². The van der Waals surface area contributed by atoms with Crippen molar-refractivity contribution in [3.05, 3.63) is 59.7 Å². The van der Waals surface area contributed by atoms with E-state index in [-0.39, 0.29) is 5.57 Å². The van der Waals surface area contributed by atoms with Gasteiger partial charge in [0, 0.05) is 24.8 Å². The highest BCUT2D eigenvalue weighted by Crippen LogP contribution is 2.26. The van der Waals surface area contributed by atoms with Gasteiger partial charge in [-0.1, -0.05) is 18.2 Å². The molecule has 0 radical (unpaired) electrons. The molecule has 0 spiro atoms. The quantitative estimate of drug-likeness (QED) is 0.640. The number of ether oxygens (including phenoxy) is 1. The average molecular weight is 391 g/mol. The molecule has 2 saturated heterocycles. The second-order valence-corrected chi connectivity index (χ2v) is 6.95. The number of amides is 4. The number of imide groups is 2. The molecule has 148 valence electrons. The van der Waals surface area contributed by atoms with Gasteiger partial charge in [-0.15, -0.1) is 0 Å². The first-order chi connectivity index (χ1) is 14.1. The number of nitrogens with zero attached hydrogens (tertiary/aromatic N) is 2. The van der Waals surface area contributed by atoms with Crippen molar-refractivity contribution < 1.29 is 19.1 Å². The summed E-state index contributed by atoms with van der Waals surface area (Å²) in [6, 6.07) is 13.5. The van der Waals surface area contributed by atoms with Crippen molar-refractivity contribution in [3.63, 3.8) is 0 Å². The number of hydrogen-bond donors (Lipinski definition) is 1. The summed E-state index contributed by atoms with van der Waals surface area (Å²) in [5.41, 5.74) is 2.07. The van der Waals surface area contributed by atoms with Gasteiger partial charge >= 0.3 is 6.03 Å². The molecule has 2 aliphatic rings. The standard InChI is InChI=1S/C22H21N3O4/c1-29-18-6-4-5-17(14-18)25-21(27)19(20(26)23-22(25)28)13-15-7-9-16(10-8-15)24-11-2-3-12-24/h4-10,13-14H,2-3,11-12H2,1H3,(H,23,26,28)/b19-13+. The van der Waals surface area contributed by atoms with Gasteiger partial charge in [-0.05, 0) is 48.7 Å². The Bertz CT molecular complexity index is 991. The number of carbonyl (C=O) groups excluding carboxylic acids is 3. The first-order valence-electron chi connectivity index (χ1n) is 9.47. The lowest BCUT2D eigenvalue weighted by molar-refractivity contribution is -0.122. The van der Waals surface area contributed by atoms with E-state index in [0.717, 1.165) is 23.7 Å². The molecule has 0 unspecified atom stereocenters. The van der Waals surface area contributed by atoms with Crippen LogP contribution >= 0.6 is 0 Å². The Morgan fingerprint density at radius 2 is 1.69 bits per heavy atom. The van der Waals surface area contributed by atoms with Gasteiger partial charge in [0.15, 0.2) is 0 Å². The summed E-state index contributed by atoms with van der Waals surface area (Å²) in [5, 5.41) is 2.23. The molecule has 4 rings (SSSR count). The lowest BCUT2D eigenvalue weighted by Gasteiger charge is -2.26. The van der Waals surface area contributed by atoms with Gasteiger partial charge in [0.1, 0.15) is 11.3 Å². The molecule has 7 nitrogen and oxygen atoms in total. The molecule has 2 aliphatic heterocycles. The molecule has 2 fully saturated rings. The van der Waals surface area contributed by atoms with E-state index in [9.17, 15) is 14.4 Å². The highest BCUT2D eigenvalue weighted by atomic mass is 16.5. The SMILES string of the molecule is COc1cccc(N2C(=O)NC(=O)/C(=C\c3ccc(N4CCCC4)cc3)C2=O)c1. The third kappa shape index (κ3) is 3.71. The highest BCUT2D eigenvalue weighted by molar-refractivity contribution is 6.39. The molecule has 0 bridgehead atoms. The fourth-order valence-electron chi connectivity index (χ4n) is 3.56. The van der Waals surface area contributed by atoms with Crippen molar-refractivity contribution in [1.82, 2.24) is 5.32 Å². The molecule has 4 amide bonds. The van der Waals surface area contributed by atoms with Gasteiger partial charge in [-0.3, -0.25) is 14.9 Å². The van der Waals surface area contributed by atoms with Crippen molar-refractivity contribution in [1.29, 1.82) is 0 Å². The van der Waals surface area contributed by atoms with Crippen LogP contribution in [0.4, 0.5) is 16.2 Å². The second-order valence-electron chi connectivity index (χ2n) is 6.95. The molecule has 7 heteroatoms. The molecule has 2 heterocycles. The Morgan fingerprint density at radius 1 is 0.966 bits per heavy atom. The minimum Gasteiger partial charge on any atom is -0.497 e. The van der Waals surface area contributed by atoms with Gasteiger partial charge < -0.3 is 9.64 Å². The second kappa shape index (κ2) is 7.79. The molecule has 0 atom stereocenters. The summed E-state index contributed by atoms with van der Waals surface area (Å²) < 4.78 is 5.16.